The molecule has 5 rings (SSSR count). The van der Waals surface area contributed by atoms with Gasteiger partial charge in [0.25, 0.3) is 0 Å². The van der Waals surface area contributed by atoms with Crippen molar-refractivity contribution in [3.8, 4) is 16.9 Å². The number of aliphatic imine (C=N–C) groups is 1. The lowest BCUT2D eigenvalue weighted by Gasteiger charge is -2.38. The number of halogens is 4. The Morgan fingerprint density at radius 2 is 1.65 bits per heavy atom. The van der Waals surface area contributed by atoms with Crippen molar-refractivity contribution in [2.45, 2.75) is 25.6 Å². The number of rotatable bonds is 6. The molecule has 0 radical (unpaired) electrons. The number of carboxylic acids is 1. The number of ether oxygens (including phenoxy) is 1. The minimum atomic E-state index is -4.62. The zero-order valence-corrected chi connectivity index (χ0v) is 21.5. The monoisotopic (exact) mass is 548 g/mol. The molecular formula is C31H24F4N2O3. The van der Waals surface area contributed by atoms with Gasteiger partial charge in [0, 0.05) is 16.8 Å². The molecule has 1 atom stereocenters. The molecule has 4 aromatic rings. The van der Waals surface area contributed by atoms with Gasteiger partial charge < -0.3 is 14.7 Å². The minimum Gasteiger partial charge on any atom is -0.497 e. The van der Waals surface area contributed by atoms with Crippen LogP contribution >= 0.6 is 0 Å². The van der Waals surface area contributed by atoms with Gasteiger partial charge in [-0.15, -0.1) is 0 Å². The summed E-state index contributed by atoms with van der Waals surface area (Å²) in [6, 6.07) is 21.0. The van der Waals surface area contributed by atoms with Crippen LogP contribution in [0.1, 0.15) is 34.7 Å². The Morgan fingerprint density at radius 1 is 0.950 bits per heavy atom. The fourth-order valence-corrected chi connectivity index (χ4v) is 4.90. The molecule has 0 aromatic heterocycles. The van der Waals surface area contributed by atoms with Gasteiger partial charge in [-0.05, 0) is 60.0 Å². The van der Waals surface area contributed by atoms with Crippen LogP contribution in [0.4, 0.5) is 28.9 Å². The van der Waals surface area contributed by atoms with Gasteiger partial charge >= 0.3 is 12.1 Å². The molecule has 9 heteroatoms. The molecule has 0 saturated carbocycles. The number of carboxylic acid groups (broad SMARTS) is 1. The highest BCUT2D eigenvalue weighted by Gasteiger charge is 2.37. The van der Waals surface area contributed by atoms with E-state index in [2.05, 4.69) is 4.99 Å². The Hall–Kier alpha value is -4.66. The maximum absolute atomic E-state index is 15.2. The number of benzene rings is 4. The third-order valence-corrected chi connectivity index (χ3v) is 6.72. The quantitative estimate of drug-likeness (QED) is 0.249. The van der Waals surface area contributed by atoms with Crippen LogP contribution in [-0.2, 0) is 11.0 Å². The second kappa shape index (κ2) is 10.5. The van der Waals surface area contributed by atoms with Gasteiger partial charge in [-0.2, -0.15) is 13.2 Å². The number of alkyl halides is 3. The number of methoxy groups -OCH3 is 1. The second-order valence-electron chi connectivity index (χ2n) is 9.46. The van der Waals surface area contributed by atoms with E-state index in [0.29, 0.717) is 16.9 Å². The molecular weight excluding hydrogens is 524 g/mol. The number of hydrogen-bond acceptors (Lipinski definition) is 4. The molecule has 1 unspecified atom stereocenters. The fraction of sp³-hybridized carbons (Fsp3) is 0.161. The predicted octanol–water partition coefficient (Wildman–Crippen LogP) is 7.94. The van der Waals surface area contributed by atoms with E-state index in [-0.39, 0.29) is 22.8 Å². The van der Waals surface area contributed by atoms with E-state index < -0.39 is 36.0 Å². The molecule has 1 heterocycles. The standard InChI is InChI=1S/C31H24F4N2O3/c1-18-13-25-27(17-28(38)39)37(23-7-4-6-22(16-23)31(33,34)35)30(36-29(25)26(32)14-18)20-11-9-19(10-12-20)21-5-3-8-24(15-21)40-2/h3-16,27H,17H2,1-2H3,(H,38,39). The number of hydrogen-bond donors (Lipinski definition) is 1. The van der Waals surface area contributed by atoms with Crippen molar-refractivity contribution in [3.05, 3.63) is 113 Å². The van der Waals surface area contributed by atoms with Crippen LogP contribution in [0.2, 0.25) is 0 Å². The van der Waals surface area contributed by atoms with Crippen molar-refractivity contribution in [3.63, 3.8) is 0 Å². The van der Waals surface area contributed by atoms with Crippen LogP contribution in [0.15, 0.2) is 89.9 Å². The molecule has 1 N–H and O–H groups in total. The van der Waals surface area contributed by atoms with E-state index in [1.54, 1.807) is 32.2 Å². The van der Waals surface area contributed by atoms with Crippen molar-refractivity contribution >= 4 is 23.2 Å². The van der Waals surface area contributed by atoms with Gasteiger partial charge in [0.2, 0.25) is 0 Å². The lowest BCUT2D eigenvalue weighted by molar-refractivity contribution is -0.138. The van der Waals surface area contributed by atoms with Crippen LogP contribution in [0.5, 0.6) is 5.75 Å². The molecule has 1 aliphatic heterocycles. The second-order valence-corrected chi connectivity index (χ2v) is 9.46. The number of carbonyl (C=O) groups is 1. The van der Waals surface area contributed by atoms with Gasteiger partial charge in [0.1, 0.15) is 23.1 Å². The van der Waals surface area contributed by atoms with Crippen LogP contribution in [0, 0.1) is 12.7 Å². The SMILES string of the molecule is COc1cccc(-c2ccc(C3=Nc4c(F)cc(C)cc4C(CC(=O)O)N3c3cccc(C(F)(F)F)c3)cc2)c1. The lowest BCUT2D eigenvalue weighted by atomic mass is 9.93. The lowest BCUT2D eigenvalue weighted by Crippen LogP contribution is -2.39. The zero-order chi connectivity index (χ0) is 28.6. The predicted molar refractivity (Wildman–Crippen MR) is 145 cm³/mol. The topological polar surface area (TPSA) is 62.1 Å². The zero-order valence-electron chi connectivity index (χ0n) is 21.5. The van der Waals surface area contributed by atoms with E-state index in [0.717, 1.165) is 23.3 Å². The number of anilines is 1. The molecule has 204 valence electrons. The van der Waals surface area contributed by atoms with E-state index >= 15 is 4.39 Å². The average Bonchev–Trinajstić information content (AvgIpc) is 2.92. The summed E-state index contributed by atoms with van der Waals surface area (Å²) in [5.41, 5.74) is 2.18. The molecule has 0 aliphatic carbocycles. The van der Waals surface area contributed by atoms with Crippen molar-refractivity contribution in [1.82, 2.24) is 0 Å². The Labute approximate surface area is 228 Å². The first-order valence-corrected chi connectivity index (χ1v) is 12.4. The molecule has 0 spiro atoms. The van der Waals surface area contributed by atoms with Crippen molar-refractivity contribution in [1.29, 1.82) is 0 Å². The van der Waals surface area contributed by atoms with Gasteiger partial charge in [-0.25, -0.2) is 9.38 Å². The number of aryl methyl sites for hydroxylation is 1. The highest BCUT2D eigenvalue weighted by Crippen LogP contribution is 2.44. The number of amidine groups is 1. The molecule has 0 fully saturated rings. The molecule has 4 aromatic carbocycles. The first-order chi connectivity index (χ1) is 19.0. The summed E-state index contributed by atoms with van der Waals surface area (Å²) in [6.07, 6.45) is -5.11. The largest absolute Gasteiger partial charge is 0.497 e. The summed E-state index contributed by atoms with van der Waals surface area (Å²) in [7, 11) is 1.57. The van der Waals surface area contributed by atoms with Gasteiger partial charge in [-0.1, -0.05) is 48.5 Å². The summed E-state index contributed by atoms with van der Waals surface area (Å²) in [6.45, 7) is 1.66. The van der Waals surface area contributed by atoms with Crippen molar-refractivity contribution in [2.24, 2.45) is 4.99 Å². The van der Waals surface area contributed by atoms with Gasteiger partial charge in [0.15, 0.2) is 0 Å². The fourth-order valence-electron chi connectivity index (χ4n) is 4.90. The third-order valence-electron chi connectivity index (χ3n) is 6.72. The molecule has 1 aliphatic rings. The van der Waals surface area contributed by atoms with E-state index in [9.17, 15) is 23.1 Å². The Bertz CT molecular complexity index is 1610. The first-order valence-electron chi connectivity index (χ1n) is 12.4. The summed E-state index contributed by atoms with van der Waals surface area (Å²) >= 11 is 0. The number of fused-ring (bicyclic) bond motifs is 1. The van der Waals surface area contributed by atoms with Gasteiger partial charge in [-0.3, -0.25) is 4.79 Å². The first kappa shape index (κ1) is 26.9. The summed E-state index contributed by atoms with van der Waals surface area (Å²) in [5, 5.41) is 9.79. The smallest absolute Gasteiger partial charge is 0.416 e. The van der Waals surface area contributed by atoms with Crippen LogP contribution in [0.25, 0.3) is 11.1 Å². The minimum absolute atomic E-state index is 0.0352. The molecule has 0 saturated heterocycles. The molecule has 5 nitrogen and oxygen atoms in total. The van der Waals surface area contributed by atoms with Crippen molar-refractivity contribution in [2.75, 3.05) is 12.0 Å². The number of nitrogens with zero attached hydrogens (tertiary/aromatic N) is 2. The van der Waals surface area contributed by atoms with Crippen LogP contribution < -0.4 is 9.64 Å². The Morgan fingerprint density at radius 3 is 2.33 bits per heavy atom. The molecule has 0 bridgehead atoms. The number of aliphatic carboxylic acids is 1. The maximum atomic E-state index is 15.2. The third kappa shape index (κ3) is 5.27. The average molecular weight is 549 g/mol. The molecule has 40 heavy (non-hydrogen) atoms. The van der Waals surface area contributed by atoms with Crippen LogP contribution in [0.3, 0.4) is 0 Å². The summed E-state index contributed by atoms with van der Waals surface area (Å²) < 4.78 is 61.5. The maximum Gasteiger partial charge on any atom is 0.416 e. The van der Waals surface area contributed by atoms with E-state index in [1.165, 1.54) is 23.1 Å². The normalized spacial score (nSPS) is 14.9. The Balaban J connectivity index is 1.70. The molecule has 0 amide bonds. The van der Waals surface area contributed by atoms with Gasteiger partial charge in [0.05, 0.1) is 25.1 Å². The van der Waals surface area contributed by atoms with Crippen molar-refractivity contribution < 1.29 is 32.2 Å². The van der Waals surface area contributed by atoms with E-state index in [1.807, 2.05) is 36.4 Å². The summed E-state index contributed by atoms with van der Waals surface area (Å²) in [4.78, 5) is 18.0. The Kier molecular flexibility index (Phi) is 7.06. The highest BCUT2D eigenvalue weighted by atomic mass is 19.4. The van der Waals surface area contributed by atoms with E-state index in [4.69, 9.17) is 4.74 Å². The summed E-state index contributed by atoms with van der Waals surface area (Å²) in [5.74, 6) is -1.02. The van der Waals surface area contributed by atoms with Crippen LogP contribution in [-0.4, -0.2) is 24.0 Å². The highest BCUT2D eigenvalue weighted by molar-refractivity contribution is 6.13.